The van der Waals surface area contributed by atoms with E-state index >= 15 is 0 Å². The summed E-state index contributed by atoms with van der Waals surface area (Å²) in [5, 5.41) is 5.67. The van der Waals surface area contributed by atoms with Gasteiger partial charge in [0.1, 0.15) is 5.75 Å². The highest BCUT2D eigenvalue weighted by Crippen LogP contribution is 2.31. The van der Waals surface area contributed by atoms with Crippen LogP contribution in [0.15, 0.2) is 66.0 Å². The molecule has 8 nitrogen and oxygen atoms in total. The molecule has 2 aromatic heterocycles. The second-order valence-electron chi connectivity index (χ2n) is 9.45. The molecule has 1 aliphatic rings. The number of aromatic nitrogens is 3. The van der Waals surface area contributed by atoms with Crippen LogP contribution >= 0.6 is 0 Å². The number of rotatable bonds is 7. The molecule has 1 saturated heterocycles. The molecule has 3 heterocycles. The number of ether oxygens (including phenoxy) is 1. The first-order valence-electron chi connectivity index (χ1n) is 12.4. The van der Waals surface area contributed by atoms with Gasteiger partial charge < -0.3 is 14.2 Å². The average molecular weight is 508 g/mol. The summed E-state index contributed by atoms with van der Waals surface area (Å²) in [6, 6.07) is 13.7. The topological polar surface area (TPSA) is 72.6 Å². The van der Waals surface area contributed by atoms with Gasteiger partial charge in [-0.1, -0.05) is 6.92 Å². The Morgan fingerprint density at radius 3 is 2.58 bits per heavy atom. The molecule has 9 heteroatoms. The first-order chi connectivity index (χ1) is 17.3. The van der Waals surface area contributed by atoms with Gasteiger partial charge in [-0.25, -0.2) is 13.1 Å². The molecular formula is C27H33N5O3S. The molecule has 190 valence electrons. The quantitative estimate of drug-likeness (QED) is 0.370. The third kappa shape index (κ3) is 4.37. The van der Waals surface area contributed by atoms with Crippen molar-refractivity contribution in [3.63, 3.8) is 0 Å². The molecule has 0 spiro atoms. The summed E-state index contributed by atoms with van der Waals surface area (Å²) in [6.45, 7) is 8.71. The fraction of sp³-hybridized carbons (Fsp3) is 0.370. The van der Waals surface area contributed by atoms with Crippen LogP contribution in [0.3, 0.4) is 0 Å². The van der Waals surface area contributed by atoms with E-state index in [4.69, 9.17) is 4.74 Å². The molecule has 36 heavy (non-hydrogen) atoms. The number of hydrogen-bond donors (Lipinski definition) is 0. The minimum absolute atomic E-state index is 0.143. The van der Waals surface area contributed by atoms with Gasteiger partial charge in [-0.3, -0.25) is 0 Å². The Morgan fingerprint density at radius 1 is 1.11 bits per heavy atom. The zero-order valence-corrected chi connectivity index (χ0v) is 22.1. The molecule has 4 aromatic rings. The number of nitrogens with zero attached hydrogens (tertiary/aromatic N) is 5. The summed E-state index contributed by atoms with van der Waals surface area (Å²) in [6.07, 6.45) is 6.44. The molecule has 0 radical (unpaired) electrons. The van der Waals surface area contributed by atoms with Crippen LogP contribution in [0.2, 0.25) is 0 Å². The third-order valence-corrected chi connectivity index (χ3v) is 8.92. The maximum Gasteiger partial charge on any atom is 0.244 e. The fourth-order valence-corrected chi connectivity index (χ4v) is 6.69. The summed E-state index contributed by atoms with van der Waals surface area (Å²) in [7, 11) is -1.87. The van der Waals surface area contributed by atoms with Crippen LogP contribution in [-0.4, -0.2) is 59.9 Å². The molecule has 1 atom stereocenters. The van der Waals surface area contributed by atoms with Crippen molar-refractivity contribution in [1.29, 1.82) is 0 Å². The molecule has 0 aliphatic carbocycles. The van der Waals surface area contributed by atoms with Crippen molar-refractivity contribution in [3.05, 3.63) is 66.6 Å². The van der Waals surface area contributed by atoms with Crippen LogP contribution in [-0.2, 0) is 16.6 Å². The minimum atomic E-state index is -3.53. The van der Waals surface area contributed by atoms with Crippen molar-refractivity contribution >= 4 is 26.6 Å². The lowest BCUT2D eigenvalue weighted by Crippen LogP contribution is -2.54. The van der Waals surface area contributed by atoms with Gasteiger partial charge in [-0.2, -0.15) is 9.40 Å². The van der Waals surface area contributed by atoms with Crippen molar-refractivity contribution in [2.24, 2.45) is 0 Å². The van der Waals surface area contributed by atoms with E-state index in [9.17, 15) is 8.42 Å². The number of hydrogen-bond acceptors (Lipinski definition) is 5. The van der Waals surface area contributed by atoms with E-state index in [0.717, 1.165) is 46.6 Å². The van der Waals surface area contributed by atoms with E-state index in [2.05, 4.69) is 36.0 Å². The lowest BCUT2D eigenvalue weighted by molar-refractivity contribution is 0.306. The molecule has 0 bridgehead atoms. The van der Waals surface area contributed by atoms with Crippen LogP contribution in [0.1, 0.15) is 25.8 Å². The van der Waals surface area contributed by atoms with Gasteiger partial charge in [0.05, 0.1) is 29.4 Å². The SMILES string of the molecule is CCCn1ccc(S(=O)(=O)N2CCN(c3cc4cnn(-c5ccc(OC)cc5)c4cc3C)C[C@H]2C)c1. The zero-order valence-electron chi connectivity index (χ0n) is 21.3. The van der Waals surface area contributed by atoms with Crippen LogP contribution in [0.5, 0.6) is 5.75 Å². The summed E-state index contributed by atoms with van der Waals surface area (Å²) in [5.74, 6) is 0.808. The van der Waals surface area contributed by atoms with Crippen molar-refractivity contribution in [2.45, 2.75) is 44.7 Å². The molecule has 5 rings (SSSR count). The number of sulfonamides is 1. The Balaban J connectivity index is 1.37. The van der Waals surface area contributed by atoms with Crippen LogP contribution in [0.25, 0.3) is 16.6 Å². The highest BCUT2D eigenvalue weighted by Gasteiger charge is 2.34. The predicted molar refractivity (Wildman–Crippen MR) is 143 cm³/mol. The van der Waals surface area contributed by atoms with Crippen LogP contribution in [0, 0.1) is 6.92 Å². The molecule has 0 saturated carbocycles. The van der Waals surface area contributed by atoms with Crippen LogP contribution in [0.4, 0.5) is 5.69 Å². The predicted octanol–water partition coefficient (Wildman–Crippen LogP) is 4.45. The number of piperazine rings is 1. The van der Waals surface area contributed by atoms with Gasteiger partial charge in [0, 0.05) is 55.7 Å². The van der Waals surface area contributed by atoms with E-state index in [0.29, 0.717) is 24.5 Å². The maximum atomic E-state index is 13.4. The summed E-state index contributed by atoms with van der Waals surface area (Å²) < 4.78 is 37.5. The summed E-state index contributed by atoms with van der Waals surface area (Å²) in [4.78, 5) is 2.66. The second-order valence-corrected chi connectivity index (χ2v) is 11.3. The molecule has 1 fully saturated rings. The fourth-order valence-electron chi connectivity index (χ4n) is 5.06. The summed E-state index contributed by atoms with van der Waals surface area (Å²) >= 11 is 0. The first kappa shape index (κ1) is 24.4. The van der Waals surface area contributed by atoms with Gasteiger partial charge >= 0.3 is 0 Å². The zero-order chi connectivity index (χ0) is 25.4. The van der Waals surface area contributed by atoms with Gasteiger partial charge in [-0.05, 0) is 68.3 Å². The van der Waals surface area contributed by atoms with Gasteiger partial charge in [0.2, 0.25) is 10.0 Å². The standard InChI is InChI=1S/C27H33N5O3S/c1-5-11-29-12-10-25(19-29)36(33,34)31-14-13-30(18-21(31)3)26-16-22-17-28-32(27(22)15-20(26)2)23-6-8-24(35-4)9-7-23/h6-10,12,15-17,19,21H,5,11,13-14,18H2,1-4H3/t21-/m1/s1. The highest BCUT2D eigenvalue weighted by atomic mass is 32.2. The molecule has 2 aromatic carbocycles. The number of anilines is 1. The average Bonchev–Trinajstić information content (AvgIpc) is 3.51. The van der Waals surface area contributed by atoms with Crippen molar-refractivity contribution in [3.8, 4) is 11.4 Å². The third-order valence-electron chi connectivity index (χ3n) is 6.92. The van der Waals surface area contributed by atoms with Crippen LogP contribution < -0.4 is 9.64 Å². The number of benzene rings is 2. The van der Waals surface area contributed by atoms with Gasteiger partial charge in [0.15, 0.2) is 0 Å². The van der Waals surface area contributed by atoms with E-state index in [1.165, 1.54) is 0 Å². The Hall–Kier alpha value is -3.30. The Bertz CT molecular complexity index is 1470. The van der Waals surface area contributed by atoms with Crippen molar-refractivity contribution < 1.29 is 13.2 Å². The smallest absolute Gasteiger partial charge is 0.244 e. The second kappa shape index (κ2) is 9.63. The summed E-state index contributed by atoms with van der Waals surface area (Å²) in [5.41, 5.74) is 4.26. The lowest BCUT2D eigenvalue weighted by atomic mass is 10.1. The Kier molecular flexibility index (Phi) is 6.53. The highest BCUT2D eigenvalue weighted by molar-refractivity contribution is 7.89. The lowest BCUT2D eigenvalue weighted by Gasteiger charge is -2.40. The number of fused-ring (bicyclic) bond motifs is 1. The maximum absolute atomic E-state index is 13.4. The Labute approximate surface area is 212 Å². The van der Waals surface area contributed by atoms with Crippen molar-refractivity contribution in [2.75, 3.05) is 31.6 Å². The first-order valence-corrected chi connectivity index (χ1v) is 13.8. The van der Waals surface area contributed by atoms with Gasteiger partial charge in [0.25, 0.3) is 0 Å². The van der Waals surface area contributed by atoms with E-state index in [1.54, 1.807) is 23.7 Å². The normalized spacial score (nSPS) is 17.1. The molecule has 1 aliphatic heterocycles. The molecule has 0 N–H and O–H groups in total. The molecule has 0 unspecified atom stereocenters. The Morgan fingerprint density at radius 2 is 1.89 bits per heavy atom. The molecule has 0 amide bonds. The van der Waals surface area contributed by atoms with E-state index in [-0.39, 0.29) is 6.04 Å². The van der Waals surface area contributed by atoms with Gasteiger partial charge in [-0.15, -0.1) is 0 Å². The largest absolute Gasteiger partial charge is 0.497 e. The van der Waals surface area contributed by atoms with E-state index < -0.39 is 10.0 Å². The molecular weight excluding hydrogens is 474 g/mol. The number of aryl methyl sites for hydroxylation is 2. The van der Waals surface area contributed by atoms with E-state index in [1.807, 2.05) is 52.8 Å². The minimum Gasteiger partial charge on any atom is -0.497 e. The monoisotopic (exact) mass is 507 g/mol. The number of methoxy groups -OCH3 is 1. The van der Waals surface area contributed by atoms with Crippen molar-refractivity contribution in [1.82, 2.24) is 18.7 Å².